The Labute approximate surface area is 134 Å². The number of aryl methyl sites for hydroxylation is 1. The molecular weight excluding hydrogens is 272 g/mol. The minimum Gasteiger partial charge on any atom is -0.394 e. The third kappa shape index (κ3) is 2.61. The second-order valence-corrected chi connectivity index (χ2v) is 8.15. The van der Waals surface area contributed by atoms with Crippen LogP contribution in [0.3, 0.4) is 0 Å². The molecule has 0 bridgehead atoms. The molecule has 3 rings (SSSR count). The molecule has 1 heterocycles. The van der Waals surface area contributed by atoms with Crippen LogP contribution in [0.15, 0.2) is 6.07 Å². The lowest BCUT2D eigenvalue weighted by Crippen LogP contribution is -2.25. The summed E-state index contributed by atoms with van der Waals surface area (Å²) in [5, 5.41) is 9.24. The average molecular weight is 302 g/mol. The number of rotatable bonds is 4. The third-order valence-corrected chi connectivity index (χ3v) is 6.19. The number of fused-ring (bicyclic) bond motifs is 1. The average Bonchev–Trinajstić information content (AvgIpc) is 3.13. The van der Waals surface area contributed by atoms with Crippen LogP contribution in [0.2, 0.25) is 0 Å². The van der Waals surface area contributed by atoms with Crippen LogP contribution in [0.1, 0.15) is 67.9 Å². The summed E-state index contributed by atoms with van der Waals surface area (Å²) in [6.45, 7) is 11.6. The summed E-state index contributed by atoms with van der Waals surface area (Å²) in [6, 6.07) is 2.47. The first-order valence-electron chi connectivity index (χ1n) is 8.69. The van der Waals surface area contributed by atoms with Gasteiger partial charge >= 0.3 is 0 Å². The number of benzene rings is 1. The highest BCUT2D eigenvalue weighted by Gasteiger charge is 2.51. The number of epoxide rings is 1. The van der Waals surface area contributed by atoms with Gasteiger partial charge in [0.25, 0.3) is 0 Å². The molecule has 2 aliphatic rings. The molecule has 0 aromatic heterocycles. The second-order valence-electron chi connectivity index (χ2n) is 8.15. The Kier molecular flexibility index (Phi) is 3.89. The van der Waals surface area contributed by atoms with Crippen LogP contribution >= 0.6 is 0 Å². The topological polar surface area (TPSA) is 32.8 Å². The number of ether oxygens (including phenoxy) is 1. The van der Waals surface area contributed by atoms with E-state index in [0.29, 0.717) is 5.41 Å². The normalized spacial score (nSPS) is 29.3. The van der Waals surface area contributed by atoms with Gasteiger partial charge in [-0.15, -0.1) is 0 Å². The molecule has 0 unspecified atom stereocenters. The van der Waals surface area contributed by atoms with Gasteiger partial charge in [0, 0.05) is 0 Å². The molecule has 1 aromatic rings. The Balaban J connectivity index is 1.88. The van der Waals surface area contributed by atoms with E-state index < -0.39 is 0 Å². The summed E-state index contributed by atoms with van der Waals surface area (Å²) >= 11 is 0. The maximum absolute atomic E-state index is 9.24. The summed E-state index contributed by atoms with van der Waals surface area (Å²) in [5.41, 5.74) is 7.79. The molecule has 0 spiro atoms. The molecule has 1 aliphatic carbocycles. The fourth-order valence-electron chi connectivity index (χ4n) is 4.19. The van der Waals surface area contributed by atoms with Crippen molar-refractivity contribution in [3.05, 3.63) is 33.9 Å². The Morgan fingerprint density at radius 3 is 2.59 bits per heavy atom. The molecular formula is C20H30O2. The Morgan fingerprint density at radius 2 is 1.95 bits per heavy atom. The fraction of sp³-hybridized carbons (Fsp3) is 0.700. The van der Waals surface area contributed by atoms with Crippen molar-refractivity contribution in [1.82, 2.24) is 0 Å². The van der Waals surface area contributed by atoms with E-state index in [1.807, 2.05) is 0 Å². The standard InChI is InChI=1S/C20H30O2/c1-13-14(2)16-7-6-9-19(3,4)17(16)11-15(13)8-10-20(5)18(12-21)22-20/h11,18,21H,6-10,12H2,1-5H3/t18-,20-/m0/s1. The molecule has 1 saturated heterocycles. The number of aliphatic hydroxyl groups excluding tert-OH is 1. The van der Waals surface area contributed by atoms with Crippen LogP contribution in [-0.2, 0) is 23.0 Å². The number of aliphatic hydroxyl groups is 1. The van der Waals surface area contributed by atoms with Crippen molar-refractivity contribution in [1.29, 1.82) is 0 Å². The van der Waals surface area contributed by atoms with Crippen molar-refractivity contribution in [2.24, 2.45) is 0 Å². The number of hydrogen-bond acceptors (Lipinski definition) is 2. The van der Waals surface area contributed by atoms with E-state index in [-0.39, 0.29) is 18.3 Å². The van der Waals surface area contributed by atoms with Crippen LogP contribution in [0.5, 0.6) is 0 Å². The molecule has 2 atom stereocenters. The van der Waals surface area contributed by atoms with E-state index in [1.165, 1.54) is 36.0 Å². The third-order valence-electron chi connectivity index (χ3n) is 6.19. The quantitative estimate of drug-likeness (QED) is 0.853. The predicted molar refractivity (Wildman–Crippen MR) is 90.6 cm³/mol. The van der Waals surface area contributed by atoms with Crippen LogP contribution in [0, 0.1) is 13.8 Å². The van der Waals surface area contributed by atoms with E-state index in [9.17, 15) is 5.11 Å². The van der Waals surface area contributed by atoms with Crippen molar-refractivity contribution >= 4 is 0 Å². The van der Waals surface area contributed by atoms with Crippen molar-refractivity contribution in [2.75, 3.05) is 6.61 Å². The van der Waals surface area contributed by atoms with Gasteiger partial charge in [-0.2, -0.15) is 0 Å². The lowest BCUT2D eigenvalue weighted by Gasteiger charge is -2.35. The number of hydrogen-bond donors (Lipinski definition) is 1. The van der Waals surface area contributed by atoms with Gasteiger partial charge in [0.1, 0.15) is 6.10 Å². The summed E-state index contributed by atoms with van der Waals surface area (Å²) < 4.78 is 5.65. The van der Waals surface area contributed by atoms with Gasteiger partial charge in [0.15, 0.2) is 0 Å². The van der Waals surface area contributed by atoms with E-state index in [1.54, 1.807) is 11.1 Å². The van der Waals surface area contributed by atoms with Crippen LogP contribution in [-0.4, -0.2) is 23.4 Å². The molecule has 1 N–H and O–H groups in total. The van der Waals surface area contributed by atoms with Crippen molar-refractivity contribution in [3.63, 3.8) is 0 Å². The van der Waals surface area contributed by atoms with Crippen LogP contribution < -0.4 is 0 Å². The first kappa shape index (κ1) is 16.0. The van der Waals surface area contributed by atoms with Gasteiger partial charge in [-0.3, -0.25) is 0 Å². The van der Waals surface area contributed by atoms with E-state index in [4.69, 9.17) is 4.74 Å². The minimum atomic E-state index is -0.111. The van der Waals surface area contributed by atoms with Gasteiger partial charge in [0.05, 0.1) is 12.2 Å². The van der Waals surface area contributed by atoms with E-state index in [0.717, 1.165) is 12.8 Å². The molecule has 22 heavy (non-hydrogen) atoms. The monoisotopic (exact) mass is 302 g/mol. The zero-order valence-electron chi connectivity index (χ0n) is 14.8. The molecule has 2 nitrogen and oxygen atoms in total. The summed E-state index contributed by atoms with van der Waals surface area (Å²) in [5.74, 6) is 0. The van der Waals surface area contributed by atoms with Gasteiger partial charge in [-0.1, -0.05) is 19.9 Å². The highest BCUT2D eigenvalue weighted by Crippen LogP contribution is 2.42. The minimum absolute atomic E-state index is 0.0444. The molecule has 122 valence electrons. The summed E-state index contributed by atoms with van der Waals surface area (Å²) in [4.78, 5) is 0. The lowest BCUT2D eigenvalue weighted by atomic mass is 9.70. The SMILES string of the molecule is Cc1c(CC[C@]2(C)O[C@H]2CO)cc2c(c1C)CCCC2(C)C. The highest BCUT2D eigenvalue weighted by molar-refractivity contribution is 5.49. The molecule has 0 amide bonds. The molecule has 1 aromatic carbocycles. The zero-order chi connectivity index (χ0) is 16.1. The smallest absolute Gasteiger partial charge is 0.110 e. The van der Waals surface area contributed by atoms with Gasteiger partial charge in [0.2, 0.25) is 0 Å². The summed E-state index contributed by atoms with van der Waals surface area (Å²) in [7, 11) is 0. The predicted octanol–water partition coefficient (Wildman–Crippen LogP) is 4.00. The molecule has 0 saturated carbocycles. The Morgan fingerprint density at radius 1 is 1.23 bits per heavy atom. The van der Waals surface area contributed by atoms with E-state index >= 15 is 0 Å². The van der Waals surface area contributed by atoms with Crippen LogP contribution in [0.4, 0.5) is 0 Å². The first-order valence-corrected chi connectivity index (χ1v) is 8.69. The highest BCUT2D eigenvalue weighted by atomic mass is 16.6. The first-order chi connectivity index (χ1) is 10.3. The molecule has 1 aliphatic heterocycles. The lowest BCUT2D eigenvalue weighted by molar-refractivity contribution is 0.235. The van der Waals surface area contributed by atoms with Crippen molar-refractivity contribution < 1.29 is 9.84 Å². The maximum Gasteiger partial charge on any atom is 0.110 e. The van der Waals surface area contributed by atoms with Gasteiger partial charge in [-0.05, 0) is 86.1 Å². The maximum atomic E-state index is 9.24. The van der Waals surface area contributed by atoms with Gasteiger partial charge in [-0.25, -0.2) is 0 Å². The molecule has 0 radical (unpaired) electrons. The van der Waals surface area contributed by atoms with E-state index in [2.05, 4.69) is 40.7 Å². The Hall–Kier alpha value is -0.860. The fourth-order valence-corrected chi connectivity index (χ4v) is 4.19. The molecule has 1 fully saturated rings. The van der Waals surface area contributed by atoms with Gasteiger partial charge < -0.3 is 9.84 Å². The largest absolute Gasteiger partial charge is 0.394 e. The zero-order valence-corrected chi connectivity index (χ0v) is 14.8. The van der Waals surface area contributed by atoms with Crippen molar-refractivity contribution in [3.8, 4) is 0 Å². The summed E-state index contributed by atoms with van der Waals surface area (Å²) in [6.07, 6.45) is 5.92. The second kappa shape index (κ2) is 5.35. The van der Waals surface area contributed by atoms with Crippen molar-refractivity contribution in [2.45, 2.75) is 83.8 Å². The van der Waals surface area contributed by atoms with Crippen LogP contribution in [0.25, 0.3) is 0 Å². The molecule has 2 heteroatoms. The Bertz CT molecular complexity index is 588.